The van der Waals surface area contributed by atoms with Gasteiger partial charge in [-0.25, -0.2) is 4.79 Å². The van der Waals surface area contributed by atoms with Gasteiger partial charge in [0, 0.05) is 6.42 Å². The lowest BCUT2D eigenvalue weighted by Gasteiger charge is -2.57. The van der Waals surface area contributed by atoms with Crippen molar-refractivity contribution in [2.75, 3.05) is 26.4 Å². The highest BCUT2D eigenvalue weighted by Gasteiger charge is 2.58. The van der Waals surface area contributed by atoms with Gasteiger partial charge in [0.25, 0.3) is 0 Å². The van der Waals surface area contributed by atoms with E-state index in [4.69, 9.17) is 9.47 Å². The molecular formula is C27H46INO4. The molecule has 3 fully saturated rings. The van der Waals surface area contributed by atoms with Crippen LogP contribution in [0.3, 0.4) is 0 Å². The van der Waals surface area contributed by atoms with Crippen LogP contribution in [0.2, 0.25) is 0 Å². The molecule has 0 heterocycles. The van der Waals surface area contributed by atoms with E-state index in [9.17, 15) is 9.90 Å². The maximum absolute atomic E-state index is 12.5. The van der Waals surface area contributed by atoms with E-state index in [0.717, 1.165) is 62.6 Å². The molecule has 4 rings (SSSR count). The van der Waals surface area contributed by atoms with Gasteiger partial charge in [0.1, 0.15) is 6.10 Å². The molecule has 5 nitrogen and oxygen atoms in total. The first kappa shape index (κ1) is 27.3. The van der Waals surface area contributed by atoms with Crippen LogP contribution in [0.15, 0.2) is 11.6 Å². The number of fused-ring (bicyclic) bond motifs is 5. The molecule has 0 aromatic heterocycles. The number of nitrogens with zero attached hydrogens (tertiary/aromatic N) is 1. The number of aliphatic hydroxyl groups excluding tert-OH is 1. The Morgan fingerprint density at radius 2 is 1.76 bits per heavy atom. The fraction of sp³-hybridized carbons (Fsp3) is 0.889. The maximum Gasteiger partial charge on any atom is 0.512 e. The Morgan fingerprint density at radius 3 is 2.42 bits per heavy atom. The van der Waals surface area contributed by atoms with Gasteiger partial charge in [-0.2, -0.15) is 0 Å². The van der Waals surface area contributed by atoms with Gasteiger partial charge < -0.3 is 38.6 Å². The summed E-state index contributed by atoms with van der Waals surface area (Å²) in [6.45, 7) is 14.5. The van der Waals surface area contributed by atoms with E-state index < -0.39 is 6.16 Å². The third-order valence-electron chi connectivity index (χ3n) is 10.7. The SMILES string of the molecule is CC[N+](CC)(CC)COC(=O)O[C@H]1CC[C@@]2(C)C(=CC[C@@H]3[C@@H]2CC[C@]2(C)C(O)CC[C@@H]32)C1.[I-]. The Kier molecular flexibility index (Phi) is 8.54. The molecule has 4 aliphatic rings. The van der Waals surface area contributed by atoms with Gasteiger partial charge >= 0.3 is 6.16 Å². The number of aliphatic hydroxyl groups is 1. The minimum Gasteiger partial charge on any atom is -1.00 e. The molecule has 0 aliphatic heterocycles. The highest BCUT2D eigenvalue weighted by Crippen LogP contribution is 2.64. The van der Waals surface area contributed by atoms with Crippen molar-refractivity contribution < 1.29 is 47.8 Å². The van der Waals surface area contributed by atoms with Crippen LogP contribution in [0.5, 0.6) is 0 Å². The predicted molar refractivity (Wildman–Crippen MR) is 126 cm³/mol. The zero-order valence-corrected chi connectivity index (χ0v) is 23.6. The van der Waals surface area contributed by atoms with Crippen LogP contribution in [0.25, 0.3) is 0 Å². The minimum atomic E-state index is -0.501. The summed E-state index contributed by atoms with van der Waals surface area (Å²) in [5, 5.41) is 10.7. The standard InChI is InChI=1S/C27H46NO4.HI/c1-6-28(7-2,8-3)18-31-25(30)32-20-13-15-26(4)19(17-20)9-10-21-22-11-12-24(29)27(22,5)16-14-23(21)26;/h9,20-24,29H,6-8,10-18H2,1-5H3;1H/q+1;/p-1/t20-,21-,22-,23-,24?,26-,27-;/m0./s1. The summed E-state index contributed by atoms with van der Waals surface area (Å²) in [6.07, 6.45) is 10.3. The lowest BCUT2D eigenvalue weighted by atomic mass is 9.48. The minimum absolute atomic E-state index is 0. The van der Waals surface area contributed by atoms with Gasteiger partial charge in [-0.15, -0.1) is 0 Å². The average molecular weight is 576 g/mol. The van der Waals surface area contributed by atoms with Gasteiger partial charge in [0.15, 0.2) is 0 Å². The average Bonchev–Trinajstić information content (AvgIpc) is 3.10. The smallest absolute Gasteiger partial charge is 0.512 e. The second kappa shape index (κ2) is 10.3. The second-order valence-corrected chi connectivity index (χ2v) is 11.7. The van der Waals surface area contributed by atoms with Crippen LogP contribution in [-0.2, 0) is 9.47 Å². The molecule has 0 bridgehead atoms. The molecule has 33 heavy (non-hydrogen) atoms. The van der Waals surface area contributed by atoms with E-state index in [1.54, 1.807) is 0 Å². The summed E-state index contributed by atoms with van der Waals surface area (Å²) in [5.41, 5.74) is 1.85. The largest absolute Gasteiger partial charge is 1.00 e. The molecule has 3 saturated carbocycles. The third kappa shape index (κ3) is 4.74. The Hall–Kier alpha value is -0.340. The molecule has 190 valence electrons. The molecule has 0 radical (unpaired) electrons. The fourth-order valence-electron chi connectivity index (χ4n) is 8.00. The topological polar surface area (TPSA) is 55.8 Å². The van der Waals surface area contributed by atoms with Crippen LogP contribution in [0.4, 0.5) is 4.79 Å². The summed E-state index contributed by atoms with van der Waals surface area (Å²) >= 11 is 0. The van der Waals surface area contributed by atoms with Gasteiger partial charge in [0.05, 0.1) is 25.7 Å². The molecule has 0 saturated heterocycles. The molecule has 0 aromatic rings. The lowest BCUT2D eigenvalue weighted by Crippen LogP contribution is -3.00. The molecule has 0 spiro atoms. The number of carbonyl (C=O) groups excluding carboxylic acids is 1. The van der Waals surface area contributed by atoms with Crippen molar-refractivity contribution in [1.82, 2.24) is 0 Å². The lowest BCUT2D eigenvalue weighted by molar-refractivity contribution is -0.939. The first-order chi connectivity index (χ1) is 15.2. The Bertz CT molecular complexity index is 729. The van der Waals surface area contributed by atoms with Gasteiger partial charge in [-0.05, 0) is 94.3 Å². The molecule has 0 amide bonds. The van der Waals surface area contributed by atoms with Gasteiger partial charge in [-0.1, -0.05) is 25.5 Å². The number of halogens is 1. The second-order valence-electron chi connectivity index (χ2n) is 11.7. The van der Waals surface area contributed by atoms with Crippen molar-refractivity contribution in [2.24, 2.45) is 28.6 Å². The van der Waals surface area contributed by atoms with E-state index in [1.165, 1.54) is 18.4 Å². The van der Waals surface area contributed by atoms with Crippen LogP contribution in [0, 0.1) is 28.6 Å². The Labute approximate surface area is 218 Å². The zero-order chi connectivity index (χ0) is 23.1. The summed E-state index contributed by atoms with van der Waals surface area (Å²) in [4.78, 5) is 12.5. The number of hydrogen-bond donors (Lipinski definition) is 1. The van der Waals surface area contributed by atoms with E-state index in [0.29, 0.717) is 24.5 Å². The van der Waals surface area contributed by atoms with Gasteiger partial charge in [0.2, 0.25) is 6.73 Å². The highest BCUT2D eigenvalue weighted by atomic mass is 127. The monoisotopic (exact) mass is 575 g/mol. The molecule has 1 N–H and O–H groups in total. The summed E-state index contributed by atoms with van der Waals surface area (Å²) in [7, 11) is 0. The van der Waals surface area contributed by atoms with Gasteiger partial charge in [-0.3, -0.25) is 4.48 Å². The van der Waals surface area contributed by atoms with Crippen LogP contribution < -0.4 is 24.0 Å². The van der Waals surface area contributed by atoms with Crippen LogP contribution in [0.1, 0.15) is 86.0 Å². The molecular weight excluding hydrogens is 529 g/mol. The molecule has 7 atom stereocenters. The van der Waals surface area contributed by atoms with Crippen molar-refractivity contribution in [3.8, 4) is 0 Å². The summed E-state index contributed by atoms with van der Waals surface area (Å²) in [5.74, 6) is 2.06. The molecule has 4 aliphatic carbocycles. The third-order valence-corrected chi connectivity index (χ3v) is 10.7. The normalized spacial score (nSPS) is 39.9. The number of allylic oxidation sites excluding steroid dienone is 1. The van der Waals surface area contributed by atoms with E-state index in [1.807, 2.05) is 0 Å². The predicted octanol–water partition coefficient (Wildman–Crippen LogP) is 2.67. The van der Waals surface area contributed by atoms with Crippen molar-refractivity contribution in [1.29, 1.82) is 0 Å². The zero-order valence-electron chi connectivity index (χ0n) is 21.4. The van der Waals surface area contributed by atoms with Crippen LogP contribution >= 0.6 is 0 Å². The van der Waals surface area contributed by atoms with Crippen molar-refractivity contribution in [3.05, 3.63) is 11.6 Å². The highest BCUT2D eigenvalue weighted by molar-refractivity contribution is 5.60. The van der Waals surface area contributed by atoms with E-state index in [-0.39, 0.29) is 47.0 Å². The molecule has 6 heteroatoms. The molecule has 1 unspecified atom stereocenters. The fourth-order valence-corrected chi connectivity index (χ4v) is 8.00. The number of rotatable bonds is 6. The number of ether oxygens (including phenoxy) is 2. The van der Waals surface area contributed by atoms with Crippen molar-refractivity contribution in [3.63, 3.8) is 0 Å². The maximum atomic E-state index is 12.5. The first-order valence-electron chi connectivity index (χ1n) is 13.3. The first-order valence-corrected chi connectivity index (χ1v) is 13.3. The quantitative estimate of drug-likeness (QED) is 0.174. The summed E-state index contributed by atoms with van der Waals surface area (Å²) in [6, 6.07) is 0. The van der Waals surface area contributed by atoms with E-state index in [2.05, 4.69) is 40.7 Å². The van der Waals surface area contributed by atoms with Crippen molar-refractivity contribution >= 4 is 6.16 Å². The number of carbonyl (C=O) groups is 1. The van der Waals surface area contributed by atoms with E-state index >= 15 is 0 Å². The number of hydrogen-bond acceptors (Lipinski definition) is 4. The number of quaternary nitrogens is 1. The Balaban J connectivity index is 0.00000306. The Morgan fingerprint density at radius 1 is 1.06 bits per heavy atom. The van der Waals surface area contributed by atoms with Crippen LogP contribution in [-0.4, -0.2) is 54.3 Å². The summed E-state index contributed by atoms with van der Waals surface area (Å²) < 4.78 is 12.1. The molecule has 0 aromatic carbocycles. The van der Waals surface area contributed by atoms with Crippen molar-refractivity contribution in [2.45, 2.75) is 98.2 Å².